The van der Waals surface area contributed by atoms with Crippen LogP contribution in [0.15, 0.2) is 12.4 Å². The van der Waals surface area contributed by atoms with Gasteiger partial charge in [-0.1, -0.05) is 0 Å². The van der Waals surface area contributed by atoms with E-state index in [1.165, 1.54) is 0 Å². The lowest BCUT2D eigenvalue weighted by atomic mass is 9.88. The van der Waals surface area contributed by atoms with E-state index in [2.05, 4.69) is 14.9 Å². The number of hydrogen-bond donors (Lipinski definition) is 1. The van der Waals surface area contributed by atoms with Crippen molar-refractivity contribution in [1.82, 2.24) is 19.8 Å². The van der Waals surface area contributed by atoms with Crippen molar-refractivity contribution in [3.63, 3.8) is 0 Å². The summed E-state index contributed by atoms with van der Waals surface area (Å²) in [6, 6.07) is 0. The number of rotatable bonds is 3. The Kier molecular flexibility index (Phi) is 5.15. The molecule has 6 heteroatoms. The molecule has 1 atom stereocenters. The maximum absolute atomic E-state index is 11.4. The second-order valence-electron chi connectivity index (χ2n) is 7.39. The van der Waals surface area contributed by atoms with E-state index >= 15 is 0 Å². The highest BCUT2D eigenvalue weighted by Crippen LogP contribution is 2.29. The SMILES string of the molecule is CC(=O)N1CCC(O)(CN2CCCC(c3cncc(C)n3)C2)CC1. The zero-order valence-corrected chi connectivity index (χ0v) is 14.7. The lowest BCUT2D eigenvalue weighted by molar-refractivity contribution is -0.133. The number of amides is 1. The number of aliphatic hydroxyl groups is 1. The molecule has 3 heterocycles. The molecule has 0 aliphatic carbocycles. The van der Waals surface area contributed by atoms with Crippen molar-refractivity contribution in [3.05, 3.63) is 23.8 Å². The molecule has 3 rings (SSSR count). The Labute approximate surface area is 143 Å². The Morgan fingerprint density at radius 3 is 2.75 bits per heavy atom. The first-order chi connectivity index (χ1) is 11.5. The summed E-state index contributed by atoms with van der Waals surface area (Å²) in [4.78, 5) is 24.5. The highest BCUT2D eigenvalue weighted by molar-refractivity contribution is 5.73. The molecule has 2 aliphatic heterocycles. The third-order valence-corrected chi connectivity index (χ3v) is 5.35. The van der Waals surface area contributed by atoms with Crippen LogP contribution >= 0.6 is 0 Å². The zero-order valence-electron chi connectivity index (χ0n) is 14.7. The number of β-amino-alcohol motifs (C(OH)–C–C–N with tert-alkyl or cyclic N) is 1. The van der Waals surface area contributed by atoms with Crippen molar-refractivity contribution in [1.29, 1.82) is 0 Å². The van der Waals surface area contributed by atoms with Crippen molar-refractivity contribution in [2.24, 2.45) is 0 Å². The molecule has 2 saturated heterocycles. The molecular formula is C18H28N4O2. The van der Waals surface area contributed by atoms with E-state index in [-0.39, 0.29) is 5.91 Å². The summed E-state index contributed by atoms with van der Waals surface area (Å²) in [5.74, 6) is 0.500. The second-order valence-corrected chi connectivity index (χ2v) is 7.39. The number of piperidine rings is 2. The number of nitrogens with zero attached hydrogens (tertiary/aromatic N) is 4. The summed E-state index contributed by atoms with van der Waals surface area (Å²) in [5.41, 5.74) is 1.35. The Bertz CT molecular complexity index is 584. The molecule has 2 fully saturated rings. The van der Waals surface area contributed by atoms with Crippen LogP contribution in [0.3, 0.4) is 0 Å². The van der Waals surface area contributed by atoms with Crippen molar-refractivity contribution in [3.8, 4) is 0 Å². The molecule has 0 aromatic carbocycles. The molecule has 0 bridgehead atoms. The van der Waals surface area contributed by atoms with Crippen LogP contribution < -0.4 is 0 Å². The second kappa shape index (κ2) is 7.15. The highest BCUT2D eigenvalue weighted by Gasteiger charge is 2.36. The fourth-order valence-corrected chi connectivity index (χ4v) is 3.93. The number of aromatic nitrogens is 2. The summed E-state index contributed by atoms with van der Waals surface area (Å²) in [6.07, 6.45) is 7.24. The monoisotopic (exact) mass is 332 g/mol. The van der Waals surface area contributed by atoms with Crippen LogP contribution in [0.1, 0.15) is 49.9 Å². The van der Waals surface area contributed by atoms with E-state index in [0.29, 0.717) is 38.4 Å². The van der Waals surface area contributed by atoms with Crippen molar-refractivity contribution >= 4 is 5.91 Å². The summed E-state index contributed by atoms with van der Waals surface area (Å²) in [5, 5.41) is 10.9. The molecule has 1 aromatic rings. The average Bonchev–Trinajstić information content (AvgIpc) is 2.55. The number of carbonyl (C=O) groups is 1. The van der Waals surface area contributed by atoms with Crippen LogP contribution in [0.5, 0.6) is 0 Å². The van der Waals surface area contributed by atoms with Crippen molar-refractivity contribution in [2.45, 2.75) is 51.0 Å². The fourth-order valence-electron chi connectivity index (χ4n) is 3.93. The molecule has 0 radical (unpaired) electrons. The van der Waals surface area contributed by atoms with Crippen LogP contribution in [0.4, 0.5) is 0 Å². The Morgan fingerprint density at radius 2 is 2.08 bits per heavy atom. The van der Waals surface area contributed by atoms with Gasteiger partial charge in [0.2, 0.25) is 5.91 Å². The van der Waals surface area contributed by atoms with Gasteiger partial charge in [0.05, 0.1) is 17.0 Å². The lowest BCUT2D eigenvalue weighted by Crippen LogP contribution is -2.53. The molecule has 1 aromatic heterocycles. The molecule has 1 unspecified atom stereocenters. The number of likely N-dealkylation sites (tertiary alicyclic amines) is 2. The third kappa shape index (κ3) is 4.11. The summed E-state index contributed by atoms with van der Waals surface area (Å²) in [6.45, 7) is 7.53. The minimum Gasteiger partial charge on any atom is -0.388 e. The van der Waals surface area contributed by atoms with E-state index < -0.39 is 5.60 Å². The van der Waals surface area contributed by atoms with Gasteiger partial charge in [0, 0.05) is 51.4 Å². The van der Waals surface area contributed by atoms with Gasteiger partial charge in [-0.05, 0) is 39.2 Å². The minimum absolute atomic E-state index is 0.105. The van der Waals surface area contributed by atoms with Gasteiger partial charge in [0.1, 0.15) is 0 Å². The Hall–Kier alpha value is -1.53. The molecule has 1 N–H and O–H groups in total. The molecule has 24 heavy (non-hydrogen) atoms. The van der Waals surface area contributed by atoms with E-state index in [1.807, 2.05) is 18.0 Å². The molecule has 1 amide bonds. The topological polar surface area (TPSA) is 69.6 Å². The van der Waals surface area contributed by atoms with Gasteiger partial charge in [-0.15, -0.1) is 0 Å². The van der Waals surface area contributed by atoms with Gasteiger partial charge in [-0.2, -0.15) is 0 Å². The van der Waals surface area contributed by atoms with E-state index in [1.54, 1.807) is 13.1 Å². The first kappa shape index (κ1) is 17.3. The van der Waals surface area contributed by atoms with Gasteiger partial charge in [-0.25, -0.2) is 0 Å². The Morgan fingerprint density at radius 1 is 1.33 bits per heavy atom. The lowest BCUT2D eigenvalue weighted by Gasteiger charge is -2.42. The standard InChI is InChI=1S/C18H28N4O2/c1-14-10-19-11-17(20-14)16-4-3-7-21(12-16)13-18(24)5-8-22(9-6-18)15(2)23/h10-11,16,24H,3-9,12-13H2,1-2H3. The summed E-state index contributed by atoms with van der Waals surface area (Å²) in [7, 11) is 0. The number of carbonyl (C=O) groups excluding carboxylic acids is 1. The first-order valence-electron chi connectivity index (χ1n) is 8.94. The quantitative estimate of drug-likeness (QED) is 0.904. The minimum atomic E-state index is -0.674. The van der Waals surface area contributed by atoms with E-state index in [4.69, 9.17) is 0 Å². The van der Waals surface area contributed by atoms with Gasteiger partial charge in [0.15, 0.2) is 0 Å². The van der Waals surface area contributed by atoms with Crippen LogP contribution in [0.25, 0.3) is 0 Å². The average molecular weight is 332 g/mol. The van der Waals surface area contributed by atoms with Crippen LogP contribution in [-0.4, -0.2) is 69.1 Å². The highest BCUT2D eigenvalue weighted by atomic mass is 16.3. The predicted octanol–water partition coefficient (Wildman–Crippen LogP) is 1.34. The molecule has 2 aliphatic rings. The maximum atomic E-state index is 11.4. The van der Waals surface area contributed by atoms with Crippen LogP contribution in [0, 0.1) is 6.92 Å². The maximum Gasteiger partial charge on any atom is 0.219 e. The predicted molar refractivity (Wildman–Crippen MR) is 91.6 cm³/mol. The molecule has 132 valence electrons. The zero-order chi connectivity index (χ0) is 17.2. The molecular weight excluding hydrogens is 304 g/mol. The van der Waals surface area contributed by atoms with Gasteiger partial charge >= 0.3 is 0 Å². The summed E-state index contributed by atoms with van der Waals surface area (Å²) < 4.78 is 0. The molecule has 0 spiro atoms. The molecule has 0 saturated carbocycles. The van der Waals surface area contributed by atoms with E-state index in [0.717, 1.165) is 37.3 Å². The third-order valence-electron chi connectivity index (χ3n) is 5.35. The van der Waals surface area contributed by atoms with Crippen LogP contribution in [0.2, 0.25) is 0 Å². The Balaban J connectivity index is 1.58. The smallest absolute Gasteiger partial charge is 0.219 e. The summed E-state index contributed by atoms with van der Waals surface area (Å²) >= 11 is 0. The van der Waals surface area contributed by atoms with Crippen molar-refractivity contribution in [2.75, 3.05) is 32.7 Å². The normalized spacial score (nSPS) is 24.8. The van der Waals surface area contributed by atoms with Gasteiger partial charge < -0.3 is 10.0 Å². The number of hydrogen-bond acceptors (Lipinski definition) is 5. The van der Waals surface area contributed by atoms with Crippen LogP contribution in [-0.2, 0) is 4.79 Å². The van der Waals surface area contributed by atoms with E-state index in [9.17, 15) is 9.90 Å². The largest absolute Gasteiger partial charge is 0.388 e. The number of aryl methyl sites for hydroxylation is 1. The van der Waals surface area contributed by atoms with Gasteiger partial charge in [-0.3, -0.25) is 19.7 Å². The fraction of sp³-hybridized carbons (Fsp3) is 0.722. The van der Waals surface area contributed by atoms with Crippen molar-refractivity contribution < 1.29 is 9.90 Å². The van der Waals surface area contributed by atoms with Gasteiger partial charge in [0.25, 0.3) is 0 Å². The first-order valence-corrected chi connectivity index (χ1v) is 8.94. The molecule has 6 nitrogen and oxygen atoms in total.